The van der Waals surface area contributed by atoms with Crippen LogP contribution in [0.2, 0.25) is 0 Å². The molecule has 7 nitrogen and oxygen atoms in total. The molecule has 1 aliphatic rings. The number of halogens is 1. The van der Waals surface area contributed by atoms with Gasteiger partial charge in [0, 0.05) is 0 Å². The van der Waals surface area contributed by atoms with Crippen molar-refractivity contribution in [2.75, 3.05) is 24.1 Å². The molecular formula is C25H25FN2O5S. The highest BCUT2D eigenvalue weighted by molar-refractivity contribution is 7.92. The Morgan fingerprint density at radius 2 is 1.71 bits per heavy atom. The third-order valence-corrected chi connectivity index (χ3v) is 7.24. The number of nitrogens with one attached hydrogen (secondary N) is 1. The number of ether oxygens (including phenoxy) is 2. The van der Waals surface area contributed by atoms with Gasteiger partial charge in [-0.15, -0.1) is 0 Å². The predicted molar refractivity (Wildman–Crippen MR) is 126 cm³/mol. The number of rotatable bonds is 7. The summed E-state index contributed by atoms with van der Waals surface area (Å²) in [6.07, 6.45) is 0. The molecule has 0 unspecified atom stereocenters. The summed E-state index contributed by atoms with van der Waals surface area (Å²) >= 11 is 0. The van der Waals surface area contributed by atoms with Gasteiger partial charge in [-0.05, 0) is 55.8 Å². The maximum Gasteiger partial charge on any atom is 0.264 e. The molecule has 0 saturated heterocycles. The van der Waals surface area contributed by atoms with Gasteiger partial charge in [0.25, 0.3) is 10.0 Å². The SMILES string of the molecule is Cc1ccc(S(=O)(=O)N(CC(=O)N[C@H](C)c2ccc3c(c2)OCCO3)c2ccccc2F)cc1. The standard InChI is InChI=1S/C25H25FN2O5S/c1-17-7-10-20(11-8-17)34(30,31)28(22-6-4-3-5-21(22)26)16-25(29)27-18(2)19-9-12-23-24(15-19)33-14-13-32-23/h3-12,15,18H,13-14,16H2,1-2H3,(H,27,29)/t18-/m1/s1. The second kappa shape index (κ2) is 9.72. The lowest BCUT2D eigenvalue weighted by Crippen LogP contribution is -2.42. The largest absolute Gasteiger partial charge is 0.486 e. The Kier molecular flexibility index (Phi) is 6.74. The van der Waals surface area contributed by atoms with Gasteiger partial charge in [-0.2, -0.15) is 0 Å². The second-order valence-corrected chi connectivity index (χ2v) is 9.83. The van der Waals surface area contributed by atoms with E-state index in [4.69, 9.17) is 9.47 Å². The van der Waals surface area contributed by atoms with E-state index >= 15 is 0 Å². The van der Waals surface area contributed by atoms with Crippen molar-refractivity contribution < 1.29 is 27.1 Å². The lowest BCUT2D eigenvalue weighted by atomic mass is 10.1. The number of hydrogen-bond donors (Lipinski definition) is 1. The van der Waals surface area contributed by atoms with Crippen molar-refractivity contribution >= 4 is 21.6 Å². The molecule has 3 aromatic rings. The van der Waals surface area contributed by atoms with E-state index in [1.165, 1.54) is 30.3 Å². The predicted octanol–water partition coefficient (Wildman–Crippen LogP) is 3.98. The van der Waals surface area contributed by atoms with E-state index in [9.17, 15) is 17.6 Å². The van der Waals surface area contributed by atoms with Crippen molar-refractivity contribution in [3.8, 4) is 11.5 Å². The Bertz CT molecular complexity index is 1290. The number of para-hydroxylation sites is 1. The number of hydrogen-bond acceptors (Lipinski definition) is 5. The molecule has 34 heavy (non-hydrogen) atoms. The number of anilines is 1. The van der Waals surface area contributed by atoms with Crippen molar-refractivity contribution in [1.29, 1.82) is 0 Å². The van der Waals surface area contributed by atoms with Gasteiger partial charge in [0.1, 0.15) is 25.6 Å². The maximum atomic E-state index is 14.6. The van der Waals surface area contributed by atoms with Crippen LogP contribution in [0.25, 0.3) is 0 Å². The summed E-state index contributed by atoms with van der Waals surface area (Å²) in [6.45, 7) is 3.92. The fourth-order valence-electron chi connectivity index (χ4n) is 3.62. The molecule has 0 saturated carbocycles. The van der Waals surface area contributed by atoms with E-state index in [-0.39, 0.29) is 10.6 Å². The zero-order valence-electron chi connectivity index (χ0n) is 18.8. The lowest BCUT2D eigenvalue weighted by Gasteiger charge is -2.26. The number of sulfonamides is 1. The molecule has 0 aliphatic carbocycles. The zero-order chi connectivity index (χ0) is 24.3. The summed E-state index contributed by atoms with van der Waals surface area (Å²) in [5.41, 5.74) is 1.43. The monoisotopic (exact) mass is 484 g/mol. The van der Waals surface area contributed by atoms with Crippen LogP contribution in [-0.4, -0.2) is 34.1 Å². The van der Waals surface area contributed by atoms with Crippen LogP contribution in [0.3, 0.4) is 0 Å². The minimum atomic E-state index is -4.20. The number of nitrogens with zero attached hydrogens (tertiary/aromatic N) is 1. The Morgan fingerprint density at radius 3 is 2.41 bits per heavy atom. The van der Waals surface area contributed by atoms with Gasteiger partial charge >= 0.3 is 0 Å². The molecule has 0 radical (unpaired) electrons. The third kappa shape index (κ3) is 4.99. The molecule has 0 spiro atoms. The van der Waals surface area contributed by atoms with Crippen molar-refractivity contribution in [2.24, 2.45) is 0 Å². The van der Waals surface area contributed by atoms with Crippen LogP contribution in [0, 0.1) is 12.7 Å². The Balaban J connectivity index is 1.58. The van der Waals surface area contributed by atoms with Crippen molar-refractivity contribution in [3.63, 3.8) is 0 Å². The molecule has 178 valence electrons. The van der Waals surface area contributed by atoms with Crippen LogP contribution in [-0.2, 0) is 14.8 Å². The van der Waals surface area contributed by atoms with Gasteiger partial charge in [0.2, 0.25) is 5.91 Å². The molecule has 9 heteroatoms. The normalized spacial score (nSPS) is 13.7. The van der Waals surface area contributed by atoms with Crippen LogP contribution in [0.15, 0.2) is 71.6 Å². The molecule has 0 aromatic heterocycles. The minimum absolute atomic E-state index is 0.0333. The number of fused-ring (bicyclic) bond motifs is 1. The fraction of sp³-hybridized carbons (Fsp3) is 0.240. The van der Waals surface area contributed by atoms with Gasteiger partial charge in [-0.25, -0.2) is 12.8 Å². The molecule has 1 heterocycles. The number of amides is 1. The van der Waals surface area contributed by atoms with Crippen molar-refractivity contribution in [3.05, 3.63) is 83.7 Å². The molecule has 0 fully saturated rings. The van der Waals surface area contributed by atoms with Gasteiger partial charge < -0.3 is 14.8 Å². The first-order valence-electron chi connectivity index (χ1n) is 10.8. The number of carbonyl (C=O) groups excluding carboxylic acids is 1. The molecular weight excluding hydrogens is 459 g/mol. The van der Waals surface area contributed by atoms with E-state index in [2.05, 4.69) is 5.32 Å². The van der Waals surface area contributed by atoms with Gasteiger partial charge in [0.05, 0.1) is 16.6 Å². The summed E-state index contributed by atoms with van der Waals surface area (Å²) < 4.78 is 53.3. The summed E-state index contributed by atoms with van der Waals surface area (Å²) in [4.78, 5) is 12.9. The third-order valence-electron chi connectivity index (χ3n) is 5.46. The van der Waals surface area contributed by atoms with Crippen molar-refractivity contribution in [1.82, 2.24) is 5.32 Å². The highest BCUT2D eigenvalue weighted by atomic mass is 32.2. The quantitative estimate of drug-likeness (QED) is 0.549. The second-order valence-electron chi connectivity index (χ2n) is 7.97. The Hall–Kier alpha value is -3.59. The topological polar surface area (TPSA) is 84.9 Å². The summed E-state index contributed by atoms with van der Waals surface area (Å²) in [5, 5.41) is 2.79. The van der Waals surface area contributed by atoms with Gasteiger partial charge in [-0.1, -0.05) is 35.9 Å². The minimum Gasteiger partial charge on any atom is -0.486 e. The Labute approximate surface area is 198 Å². The highest BCUT2D eigenvalue weighted by Gasteiger charge is 2.29. The first-order valence-corrected chi connectivity index (χ1v) is 12.2. The van der Waals surface area contributed by atoms with Crippen LogP contribution in [0.1, 0.15) is 24.1 Å². The Morgan fingerprint density at radius 1 is 1.03 bits per heavy atom. The highest BCUT2D eigenvalue weighted by Crippen LogP contribution is 2.32. The molecule has 1 atom stereocenters. The molecule has 1 aliphatic heterocycles. The first kappa shape index (κ1) is 23.6. The lowest BCUT2D eigenvalue weighted by molar-refractivity contribution is -0.120. The van der Waals surface area contributed by atoms with Crippen LogP contribution in [0.4, 0.5) is 10.1 Å². The van der Waals surface area contributed by atoms with E-state index in [1.807, 2.05) is 6.92 Å². The zero-order valence-corrected chi connectivity index (χ0v) is 19.6. The van der Waals surface area contributed by atoms with Crippen LogP contribution < -0.4 is 19.1 Å². The molecule has 0 bridgehead atoms. The molecule has 4 rings (SSSR count). The van der Waals surface area contributed by atoms with Gasteiger partial charge in [-0.3, -0.25) is 9.10 Å². The summed E-state index contributed by atoms with van der Waals surface area (Å²) in [5.74, 6) is -0.115. The summed E-state index contributed by atoms with van der Waals surface area (Å²) in [7, 11) is -4.20. The molecule has 1 amide bonds. The average Bonchev–Trinajstić information content (AvgIpc) is 2.83. The van der Waals surface area contributed by atoms with Gasteiger partial charge in [0.15, 0.2) is 11.5 Å². The molecule has 3 aromatic carbocycles. The first-order chi connectivity index (χ1) is 16.3. The number of benzene rings is 3. The fourth-order valence-corrected chi connectivity index (χ4v) is 5.05. The van der Waals surface area contributed by atoms with Crippen LogP contribution in [0.5, 0.6) is 11.5 Å². The van der Waals surface area contributed by atoms with E-state index in [1.54, 1.807) is 37.3 Å². The summed E-state index contributed by atoms with van der Waals surface area (Å²) in [6, 6.07) is 16.5. The van der Waals surface area contributed by atoms with Crippen molar-refractivity contribution in [2.45, 2.75) is 24.8 Å². The number of aryl methyl sites for hydroxylation is 1. The average molecular weight is 485 g/mol. The van der Waals surface area contributed by atoms with E-state index < -0.39 is 34.3 Å². The molecule has 1 N–H and O–H groups in total. The van der Waals surface area contributed by atoms with E-state index in [0.29, 0.717) is 24.7 Å². The number of carbonyl (C=O) groups is 1. The smallest absolute Gasteiger partial charge is 0.264 e. The van der Waals surface area contributed by atoms with Crippen LogP contribution >= 0.6 is 0 Å². The van der Waals surface area contributed by atoms with E-state index in [0.717, 1.165) is 21.5 Å². The maximum absolute atomic E-state index is 14.6.